The minimum absolute atomic E-state index is 0.0760. The molecule has 0 spiro atoms. The van der Waals surface area contributed by atoms with Gasteiger partial charge in [-0.25, -0.2) is 8.42 Å². The van der Waals surface area contributed by atoms with Crippen molar-refractivity contribution in [2.75, 3.05) is 26.7 Å². The van der Waals surface area contributed by atoms with Crippen molar-refractivity contribution in [3.05, 3.63) is 29.8 Å². The first-order valence-corrected chi connectivity index (χ1v) is 9.93. The van der Waals surface area contributed by atoms with Gasteiger partial charge in [-0.15, -0.1) is 0 Å². The molecule has 1 heterocycles. The quantitative estimate of drug-likeness (QED) is 0.717. The zero-order chi connectivity index (χ0) is 19.4. The van der Waals surface area contributed by atoms with Gasteiger partial charge in [0.15, 0.2) is 0 Å². The third-order valence-electron chi connectivity index (χ3n) is 4.41. The largest absolute Gasteiger partial charge is 0.390 e. The molecule has 1 saturated heterocycles. The van der Waals surface area contributed by atoms with Gasteiger partial charge in [0.2, 0.25) is 15.9 Å². The number of carbonyl (C=O) groups is 1. The highest BCUT2D eigenvalue weighted by Crippen LogP contribution is 2.22. The van der Waals surface area contributed by atoms with Crippen molar-refractivity contribution < 1.29 is 26.4 Å². The number of hydrogen-bond donors (Lipinski definition) is 0. The number of rotatable bonds is 7. The molecule has 0 N–H and O–H groups in total. The van der Waals surface area contributed by atoms with E-state index in [4.69, 9.17) is 0 Å². The zero-order valence-electron chi connectivity index (χ0n) is 14.6. The minimum atomic E-state index is -4.29. The van der Waals surface area contributed by atoms with E-state index in [0.29, 0.717) is 19.5 Å². The van der Waals surface area contributed by atoms with Crippen molar-refractivity contribution in [1.82, 2.24) is 9.21 Å². The number of benzene rings is 1. The Morgan fingerprint density at radius 1 is 1.15 bits per heavy atom. The van der Waals surface area contributed by atoms with Gasteiger partial charge in [0, 0.05) is 33.1 Å². The minimum Gasteiger partial charge on any atom is -0.345 e. The van der Waals surface area contributed by atoms with Crippen molar-refractivity contribution in [2.24, 2.45) is 0 Å². The SMILES string of the molecule is CN(CCC(F)(F)F)C(=O)CCc1ccc(S(=O)(=O)N2CCCC2)cc1. The molecule has 9 heteroatoms. The van der Waals surface area contributed by atoms with Crippen LogP contribution in [0.5, 0.6) is 0 Å². The maximum atomic E-state index is 12.4. The van der Waals surface area contributed by atoms with Gasteiger partial charge in [0.1, 0.15) is 0 Å². The van der Waals surface area contributed by atoms with E-state index in [-0.39, 0.29) is 23.8 Å². The number of halogens is 3. The average Bonchev–Trinajstić information content (AvgIpc) is 3.12. The van der Waals surface area contributed by atoms with Crippen LogP contribution >= 0.6 is 0 Å². The van der Waals surface area contributed by atoms with E-state index in [0.717, 1.165) is 23.3 Å². The topological polar surface area (TPSA) is 57.7 Å². The van der Waals surface area contributed by atoms with Gasteiger partial charge >= 0.3 is 6.18 Å². The summed E-state index contributed by atoms with van der Waals surface area (Å²) in [6, 6.07) is 6.32. The Balaban J connectivity index is 1.88. The Bertz CT molecular complexity index is 712. The third kappa shape index (κ3) is 5.70. The van der Waals surface area contributed by atoms with Crippen LogP contribution in [-0.2, 0) is 21.2 Å². The Hall–Kier alpha value is -1.61. The van der Waals surface area contributed by atoms with Crippen molar-refractivity contribution in [3.63, 3.8) is 0 Å². The Morgan fingerprint density at radius 2 is 1.73 bits per heavy atom. The van der Waals surface area contributed by atoms with Crippen LogP contribution in [-0.4, -0.2) is 56.4 Å². The summed E-state index contributed by atoms with van der Waals surface area (Å²) in [6.07, 6.45) is -3.17. The van der Waals surface area contributed by atoms with Crippen LogP contribution < -0.4 is 0 Å². The van der Waals surface area contributed by atoms with E-state index in [2.05, 4.69) is 0 Å². The van der Waals surface area contributed by atoms with Gasteiger partial charge in [-0.3, -0.25) is 4.79 Å². The first-order valence-electron chi connectivity index (χ1n) is 8.49. The summed E-state index contributed by atoms with van der Waals surface area (Å²) in [7, 11) is -2.12. The summed E-state index contributed by atoms with van der Waals surface area (Å²) >= 11 is 0. The average molecular weight is 392 g/mol. The third-order valence-corrected chi connectivity index (χ3v) is 6.32. The molecule has 26 heavy (non-hydrogen) atoms. The van der Waals surface area contributed by atoms with Gasteiger partial charge in [0.25, 0.3) is 0 Å². The van der Waals surface area contributed by atoms with Crippen molar-refractivity contribution >= 4 is 15.9 Å². The maximum absolute atomic E-state index is 12.4. The molecule has 2 rings (SSSR count). The lowest BCUT2D eigenvalue weighted by Gasteiger charge is -2.18. The van der Waals surface area contributed by atoms with Crippen LogP contribution in [0.4, 0.5) is 13.2 Å². The molecule has 0 saturated carbocycles. The molecule has 1 aliphatic rings. The van der Waals surface area contributed by atoms with Gasteiger partial charge in [-0.1, -0.05) is 12.1 Å². The second kappa shape index (κ2) is 8.39. The molecule has 1 amide bonds. The first-order chi connectivity index (χ1) is 12.1. The fourth-order valence-corrected chi connectivity index (χ4v) is 4.28. The predicted octanol–water partition coefficient (Wildman–Crippen LogP) is 2.81. The van der Waals surface area contributed by atoms with Gasteiger partial charge in [-0.2, -0.15) is 17.5 Å². The van der Waals surface area contributed by atoms with E-state index in [9.17, 15) is 26.4 Å². The van der Waals surface area contributed by atoms with Crippen LogP contribution in [0.3, 0.4) is 0 Å². The molecular formula is C17H23F3N2O3S. The second-order valence-electron chi connectivity index (χ2n) is 6.44. The molecule has 0 bridgehead atoms. The van der Waals surface area contributed by atoms with E-state index in [1.165, 1.54) is 23.5 Å². The number of carbonyl (C=O) groups excluding carboxylic acids is 1. The number of sulfonamides is 1. The van der Waals surface area contributed by atoms with Gasteiger partial charge < -0.3 is 4.90 Å². The van der Waals surface area contributed by atoms with Crippen LogP contribution in [0.2, 0.25) is 0 Å². The lowest BCUT2D eigenvalue weighted by atomic mass is 10.1. The lowest BCUT2D eigenvalue weighted by molar-refractivity contribution is -0.144. The number of nitrogens with zero attached hydrogens (tertiary/aromatic N) is 2. The second-order valence-corrected chi connectivity index (χ2v) is 8.37. The molecule has 0 unspecified atom stereocenters. The highest BCUT2D eigenvalue weighted by Gasteiger charge is 2.28. The fraction of sp³-hybridized carbons (Fsp3) is 0.588. The molecule has 5 nitrogen and oxygen atoms in total. The fourth-order valence-electron chi connectivity index (χ4n) is 2.77. The normalized spacial score (nSPS) is 16.0. The van der Waals surface area contributed by atoms with Crippen LogP contribution in [0.15, 0.2) is 29.2 Å². The molecule has 0 aromatic heterocycles. The lowest BCUT2D eigenvalue weighted by Crippen LogP contribution is -2.30. The van der Waals surface area contributed by atoms with E-state index in [1.54, 1.807) is 12.1 Å². The summed E-state index contributed by atoms with van der Waals surface area (Å²) in [6.45, 7) is 0.695. The van der Waals surface area contributed by atoms with Crippen LogP contribution in [0.25, 0.3) is 0 Å². The Kier molecular flexibility index (Phi) is 6.68. The Morgan fingerprint density at radius 3 is 2.27 bits per heavy atom. The summed E-state index contributed by atoms with van der Waals surface area (Å²) in [5.41, 5.74) is 0.767. The van der Waals surface area contributed by atoms with E-state index < -0.39 is 22.6 Å². The number of aryl methyl sites for hydroxylation is 1. The molecule has 0 atom stereocenters. The summed E-state index contributed by atoms with van der Waals surface area (Å²) in [4.78, 5) is 13.2. The number of amides is 1. The highest BCUT2D eigenvalue weighted by atomic mass is 32.2. The van der Waals surface area contributed by atoms with Gasteiger partial charge in [-0.05, 0) is 37.0 Å². The van der Waals surface area contributed by atoms with Crippen molar-refractivity contribution in [2.45, 2.75) is 43.2 Å². The smallest absolute Gasteiger partial charge is 0.345 e. The molecule has 146 valence electrons. The standard InChI is InChI=1S/C17H23F3N2O3S/c1-21(13-10-17(18,19)20)16(23)9-6-14-4-7-15(8-5-14)26(24,25)22-11-2-3-12-22/h4-5,7-8H,2-3,6,9-13H2,1H3. The van der Waals surface area contributed by atoms with Crippen LogP contribution in [0, 0.1) is 0 Å². The zero-order valence-corrected chi connectivity index (χ0v) is 15.4. The predicted molar refractivity (Wildman–Crippen MR) is 91.1 cm³/mol. The number of hydrogen-bond acceptors (Lipinski definition) is 3. The number of alkyl halides is 3. The summed E-state index contributed by atoms with van der Waals surface area (Å²) in [5.74, 6) is -0.372. The Labute approximate surface area is 151 Å². The monoisotopic (exact) mass is 392 g/mol. The molecular weight excluding hydrogens is 369 g/mol. The van der Waals surface area contributed by atoms with Crippen molar-refractivity contribution in [3.8, 4) is 0 Å². The highest BCUT2D eigenvalue weighted by molar-refractivity contribution is 7.89. The van der Waals surface area contributed by atoms with Crippen LogP contribution in [0.1, 0.15) is 31.2 Å². The molecule has 0 radical (unpaired) electrons. The molecule has 1 fully saturated rings. The molecule has 1 aliphatic heterocycles. The van der Waals surface area contributed by atoms with Crippen molar-refractivity contribution in [1.29, 1.82) is 0 Å². The molecule has 1 aromatic rings. The van der Waals surface area contributed by atoms with Gasteiger partial charge in [0.05, 0.1) is 11.3 Å². The first kappa shape index (κ1) is 20.7. The maximum Gasteiger partial charge on any atom is 0.390 e. The molecule has 1 aromatic carbocycles. The molecule has 0 aliphatic carbocycles. The van der Waals surface area contributed by atoms with E-state index >= 15 is 0 Å². The summed E-state index contributed by atoms with van der Waals surface area (Å²) < 4.78 is 62.9. The van der Waals surface area contributed by atoms with E-state index in [1.807, 2.05) is 0 Å². The summed E-state index contributed by atoms with van der Waals surface area (Å²) in [5, 5.41) is 0.